The Morgan fingerprint density at radius 2 is 1.70 bits per heavy atom. The van der Waals surface area contributed by atoms with Crippen LogP contribution in [0.25, 0.3) is 0 Å². The van der Waals surface area contributed by atoms with E-state index in [4.69, 9.17) is 27.9 Å². The van der Waals surface area contributed by atoms with Crippen molar-refractivity contribution in [2.24, 2.45) is 5.10 Å². The van der Waals surface area contributed by atoms with Gasteiger partial charge in [0.25, 0.3) is 11.8 Å². The number of ether oxygens (including phenoxy) is 1. The number of benzene rings is 3. The molecule has 3 aromatic rings. The number of halogens is 2. The van der Waals surface area contributed by atoms with E-state index < -0.39 is 5.91 Å². The van der Waals surface area contributed by atoms with Crippen molar-refractivity contribution in [2.75, 3.05) is 11.9 Å². The highest BCUT2D eigenvalue weighted by molar-refractivity contribution is 6.36. The van der Waals surface area contributed by atoms with Gasteiger partial charge < -0.3 is 10.1 Å². The molecule has 0 spiro atoms. The molecule has 0 radical (unpaired) electrons. The Morgan fingerprint density at radius 3 is 2.40 bits per heavy atom. The lowest BCUT2D eigenvalue weighted by Gasteiger charge is -2.08. The van der Waals surface area contributed by atoms with Crippen molar-refractivity contribution in [1.29, 1.82) is 0 Å². The number of hydrogen-bond donors (Lipinski definition) is 2. The number of nitrogens with zero attached hydrogens (tertiary/aromatic N) is 1. The molecule has 3 aromatic carbocycles. The number of nitrogens with one attached hydrogen (secondary N) is 2. The van der Waals surface area contributed by atoms with Crippen LogP contribution in [0.1, 0.15) is 15.9 Å². The van der Waals surface area contributed by atoms with E-state index in [1.165, 1.54) is 6.21 Å². The van der Waals surface area contributed by atoms with Gasteiger partial charge in [0.05, 0.1) is 11.2 Å². The molecule has 0 atom stereocenters. The molecule has 0 bridgehead atoms. The first-order chi connectivity index (χ1) is 14.5. The molecule has 6 nitrogen and oxygen atoms in total. The fourth-order valence-corrected chi connectivity index (χ4v) is 2.86. The van der Waals surface area contributed by atoms with Gasteiger partial charge in [0.1, 0.15) is 5.75 Å². The fourth-order valence-electron chi connectivity index (χ4n) is 2.40. The van der Waals surface area contributed by atoms with Crippen LogP contribution in [0.2, 0.25) is 10.0 Å². The number of hydrazone groups is 1. The third kappa shape index (κ3) is 6.34. The Morgan fingerprint density at radius 1 is 0.967 bits per heavy atom. The standard InChI is InChI=1S/C22H17Cl2N3O3/c23-17-9-6-16(20(24)12-17)13-25-27-22(29)15-7-10-19(11-8-15)30-14-21(28)26-18-4-2-1-3-5-18/h1-13H,14H2,(H,26,28)(H,27,29)/b25-13-. The molecule has 2 amide bonds. The van der Waals surface area contributed by atoms with Crippen molar-refractivity contribution in [3.8, 4) is 5.75 Å². The highest BCUT2D eigenvalue weighted by atomic mass is 35.5. The van der Waals surface area contributed by atoms with E-state index in [1.54, 1.807) is 54.6 Å². The van der Waals surface area contributed by atoms with Gasteiger partial charge in [0.2, 0.25) is 0 Å². The summed E-state index contributed by atoms with van der Waals surface area (Å²) >= 11 is 11.9. The molecule has 152 valence electrons. The van der Waals surface area contributed by atoms with E-state index in [0.29, 0.717) is 32.6 Å². The van der Waals surface area contributed by atoms with Crippen LogP contribution in [0, 0.1) is 0 Å². The molecule has 0 unspecified atom stereocenters. The van der Waals surface area contributed by atoms with Crippen LogP contribution in [0.4, 0.5) is 5.69 Å². The first-order valence-corrected chi connectivity index (χ1v) is 9.63. The summed E-state index contributed by atoms with van der Waals surface area (Å²) in [5.41, 5.74) is 4.12. The van der Waals surface area contributed by atoms with Gasteiger partial charge in [-0.15, -0.1) is 0 Å². The number of amides is 2. The molecule has 2 N–H and O–H groups in total. The number of anilines is 1. The maximum absolute atomic E-state index is 12.2. The summed E-state index contributed by atoms with van der Waals surface area (Å²) in [4.78, 5) is 24.1. The second-order valence-corrected chi connectivity index (χ2v) is 6.94. The van der Waals surface area contributed by atoms with Crippen LogP contribution in [-0.2, 0) is 4.79 Å². The van der Waals surface area contributed by atoms with Crippen molar-refractivity contribution >= 4 is 46.9 Å². The van der Waals surface area contributed by atoms with Gasteiger partial charge >= 0.3 is 0 Å². The summed E-state index contributed by atoms with van der Waals surface area (Å²) in [6.45, 7) is -0.146. The molecule has 0 aromatic heterocycles. The van der Waals surface area contributed by atoms with Crippen LogP contribution < -0.4 is 15.5 Å². The summed E-state index contributed by atoms with van der Waals surface area (Å²) < 4.78 is 5.44. The fraction of sp³-hybridized carbons (Fsp3) is 0.0455. The van der Waals surface area contributed by atoms with E-state index in [9.17, 15) is 9.59 Å². The summed E-state index contributed by atoms with van der Waals surface area (Å²) in [6, 6.07) is 20.4. The summed E-state index contributed by atoms with van der Waals surface area (Å²) in [6.07, 6.45) is 1.43. The topological polar surface area (TPSA) is 79.8 Å². The minimum Gasteiger partial charge on any atom is -0.484 e. The van der Waals surface area contributed by atoms with Gasteiger partial charge in [-0.25, -0.2) is 5.43 Å². The second-order valence-electron chi connectivity index (χ2n) is 6.09. The maximum atomic E-state index is 12.2. The first-order valence-electron chi connectivity index (χ1n) is 8.87. The minimum absolute atomic E-state index is 0.146. The zero-order chi connectivity index (χ0) is 21.3. The van der Waals surface area contributed by atoms with Crippen molar-refractivity contribution < 1.29 is 14.3 Å². The molecular formula is C22H17Cl2N3O3. The van der Waals surface area contributed by atoms with Gasteiger partial charge in [-0.3, -0.25) is 9.59 Å². The molecule has 0 aliphatic carbocycles. The summed E-state index contributed by atoms with van der Waals surface area (Å²) in [5, 5.41) is 7.56. The predicted octanol–water partition coefficient (Wildman–Crippen LogP) is 4.77. The molecule has 0 aliphatic heterocycles. The van der Waals surface area contributed by atoms with E-state index in [1.807, 2.05) is 18.2 Å². The normalized spacial score (nSPS) is 10.6. The largest absolute Gasteiger partial charge is 0.484 e. The van der Waals surface area contributed by atoms with Crippen LogP contribution in [0.3, 0.4) is 0 Å². The van der Waals surface area contributed by atoms with Crippen LogP contribution in [-0.4, -0.2) is 24.6 Å². The molecule has 0 aliphatic rings. The van der Waals surface area contributed by atoms with Gasteiger partial charge in [-0.1, -0.05) is 47.5 Å². The molecule has 0 saturated heterocycles. The van der Waals surface area contributed by atoms with Crippen molar-refractivity contribution in [3.63, 3.8) is 0 Å². The molecule has 8 heteroatoms. The zero-order valence-corrected chi connectivity index (χ0v) is 17.2. The van der Waals surface area contributed by atoms with Crippen molar-refractivity contribution in [1.82, 2.24) is 5.43 Å². The van der Waals surface area contributed by atoms with Gasteiger partial charge in [0, 0.05) is 21.8 Å². The van der Waals surface area contributed by atoms with Gasteiger partial charge in [-0.2, -0.15) is 5.10 Å². The van der Waals surface area contributed by atoms with E-state index in [0.717, 1.165) is 0 Å². The maximum Gasteiger partial charge on any atom is 0.271 e. The number of para-hydroxylation sites is 1. The molecule has 0 fully saturated rings. The van der Waals surface area contributed by atoms with Crippen molar-refractivity contribution in [3.05, 3.63) is 94.0 Å². The summed E-state index contributed by atoms with van der Waals surface area (Å²) in [5.74, 6) is -0.214. The molecule has 30 heavy (non-hydrogen) atoms. The Labute approximate surface area is 183 Å². The highest BCUT2D eigenvalue weighted by Crippen LogP contribution is 2.19. The minimum atomic E-state index is -0.398. The Kier molecular flexibility index (Phi) is 7.43. The number of carbonyl (C=O) groups excluding carboxylic acids is 2. The Hall–Kier alpha value is -3.35. The predicted molar refractivity (Wildman–Crippen MR) is 119 cm³/mol. The second kappa shape index (κ2) is 10.4. The van der Waals surface area contributed by atoms with Gasteiger partial charge in [0.15, 0.2) is 6.61 Å². The smallest absolute Gasteiger partial charge is 0.271 e. The number of hydrogen-bond acceptors (Lipinski definition) is 4. The molecule has 0 saturated carbocycles. The zero-order valence-electron chi connectivity index (χ0n) is 15.6. The number of carbonyl (C=O) groups is 2. The molecule has 0 heterocycles. The highest BCUT2D eigenvalue weighted by Gasteiger charge is 2.07. The third-order valence-corrected chi connectivity index (χ3v) is 4.44. The van der Waals surface area contributed by atoms with Crippen LogP contribution >= 0.6 is 23.2 Å². The van der Waals surface area contributed by atoms with E-state index in [2.05, 4.69) is 15.8 Å². The van der Waals surface area contributed by atoms with Gasteiger partial charge in [-0.05, 0) is 48.5 Å². The monoisotopic (exact) mass is 441 g/mol. The Balaban J connectivity index is 1.49. The lowest BCUT2D eigenvalue weighted by atomic mass is 10.2. The van der Waals surface area contributed by atoms with Crippen LogP contribution in [0.15, 0.2) is 77.9 Å². The molecule has 3 rings (SSSR count). The first kappa shape index (κ1) is 21.4. The third-order valence-electron chi connectivity index (χ3n) is 3.88. The quantitative estimate of drug-likeness (QED) is 0.409. The SMILES string of the molecule is O=C(COc1ccc(C(=O)N/N=C\c2ccc(Cl)cc2Cl)cc1)Nc1ccccc1. The van der Waals surface area contributed by atoms with Crippen molar-refractivity contribution in [2.45, 2.75) is 0 Å². The number of rotatable bonds is 7. The van der Waals surface area contributed by atoms with Crippen LogP contribution in [0.5, 0.6) is 5.75 Å². The summed E-state index contributed by atoms with van der Waals surface area (Å²) in [7, 11) is 0. The average molecular weight is 442 g/mol. The van der Waals surface area contributed by atoms with E-state index >= 15 is 0 Å². The van der Waals surface area contributed by atoms with E-state index in [-0.39, 0.29) is 12.5 Å². The Bertz CT molecular complexity index is 1050. The lowest BCUT2D eigenvalue weighted by Crippen LogP contribution is -2.20. The average Bonchev–Trinajstić information content (AvgIpc) is 2.75. The molecular weight excluding hydrogens is 425 g/mol. The lowest BCUT2D eigenvalue weighted by molar-refractivity contribution is -0.118.